The number of hydrogen-bond acceptors (Lipinski definition) is 4. The van der Waals surface area contributed by atoms with E-state index in [1.807, 2.05) is 0 Å². The Morgan fingerprint density at radius 1 is 1.56 bits per heavy atom. The molecule has 0 spiro atoms. The summed E-state index contributed by atoms with van der Waals surface area (Å²) in [4.78, 5) is 4.11. The lowest BCUT2D eigenvalue weighted by Gasteiger charge is -2.06. The second kappa shape index (κ2) is 5.47. The minimum absolute atomic E-state index is 0.622. The molecular weight excluding hydrogens is 202 g/mol. The molecule has 1 aromatic heterocycles. The number of nitrogens with zero attached hydrogens (tertiary/aromatic N) is 2. The maximum absolute atomic E-state index is 8.71. The molecule has 0 radical (unpaired) electrons. The molecule has 0 atom stereocenters. The third kappa shape index (κ3) is 3.52. The molecule has 16 heavy (non-hydrogen) atoms. The molecule has 0 aromatic carbocycles. The first-order valence-electron chi connectivity index (χ1n) is 5.56. The van der Waals surface area contributed by atoms with Crippen molar-refractivity contribution in [2.45, 2.75) is 12.8 Å². The number of nitriles is 1. The highest BCUT2D eigenvalue weighted by molar-refractivity contribution is 5.42. The van der Waals surface area contributed by atoms with E-state index in [4.69, 9.17) is 10.00 Å². The third-order valence-electron chi connectivity index (χ3n) is 2.49. The van der Waals surface area contributed by atoms with Crippen molar-refractivity contribution in [2.24, 2.45) is 5.92 Å². The smallest absolute Gasteiger partial charge is 0.127 e. The number of anilines is 1. The predicted octanol–water partition coefficient (Wildman–Crippen LogP) is 1.79. The minimum Gasteiger partial charge on any atom is -0.379 e. The normalized spacial score (nSPS) is 14.4. The van der Waals surface area contributed by atoms with Gasteiger partial charge in [0.25, 0.3) is 0 Å². The van der Waals surface area contributed by atoms with Gasteiger partial charge < -0.3 is 10.1 Å². The molecule has 1 aliphatic carbocycles. The Balaban J connectivity index is 1.65. The van der Waals surface area contributed by atoms with Crippen molar-refractivity contribution in [3.8, 4) is 6.07 Å². The summed E-state index contributed by atoms with van der Waals surface area (Å²) >= 11 is 0. The second-order valence-electron chi connectivity index (χ2n) is 3.99. The van der Waals surface area contributed by atoms with E-state index in [0.717, 1.165) is 24.9 Å². The molecule has 1 heterocycles. The molecule has 2 rings (SSSR count). The van der Waals surface area contributed by atoms with Gasteiger partial charge in [-0.05, 0) is 30.9 Å². The van der Waals surface area contributed by atoms with Gasteiger partial charge >= 0.3 is 0 Å². The van der Waals surface area contributed by atoms with Crippen molar-refractivity contribution in [3.63, 3.8) is 0 Å². The highest BCUT2D eigenvalue weighted by Crippen LogP contribution is 2.28. The quantitative estimate of drug-likeness (QED) is 0.738. The summed E-state index contributed by atoms with van der Waals surface area (Å²) < 4.78 is 5.48. The van der Waals surface area contributed by atoms with Crippen molar-refractivity contribution in [2.75, 3.05) is 25.1 Å². The average Bonchev–Trinajstić information content (AvgIpc) is 3.13. The fourth-order valence-electron chi connectivity index (χ4n) is 1.38. The summed E-state index contributed by atoms with van der Waals surface area (Å²) in [5.74, 6) is 1.54. The maximum atomic E-state index is 8.71. The largest absolute Gasteiger partial charge is 0.379 e. The number of aromatic nitrogens is 1. The molecule has 1 aliphatic rings. The summed E-state index contributed by atoms with van der Waals surface area (Å²) in [6.45, 7) is 2.30. The van der Waals surface area contributed by atoms with Crippen molar-refractivity contribution in [1.29, 1.82) is 5.26 Å². The zero-order chi connectivity index (χ0) is 11.2. The van der Waals surface area contributed by atoms with Crippen LogP contribution in [0.3, 0.4) is 0 Å². The molecule has 0 unspecified atom stereocenters. The Morgan fingerprint density at radius 3 is 3.19 bits per heavy atom. The minimum atomic E-state index is 0.622. The van der Waals surface area contributed by atoms with E-state index in [1.54, 1.807) is 18.3 Å². The molecule has 84 valence electrons. The van der Waals surface area contributed by atoms with E-state index >= 15 is 0 Å². The number of pyridine rings is 1. The van der Waals surface area contributed by atoms with Crippen molar-refractivity contribution in [3.05, 3.63) is 23.9 Å². The highest BCUT2D eigenvalue weighted by atomic mass is 16.5. The highest BCUT2D eigenvalue weighted by Gasteiger charge is 2.20. The molecule has 1 fully saturated rings. The topological polar surface area (TPSA) is 57.9 Å². The average molecular weight is 217 g/mol. The van der Waals surface area contributed by atoms with E-state index in [9.17, 15) is 0 Å². The second-order valence-corrected chi connectivity index (χ2v) is 3.99. The Morgan fingerprint density at radius 2 is 2.44 bits per heavy atom. The van der Waals surface area contributed by atoms with Gasteiger partial charge in [0.05, 0.1) is 18.2 Å². The van der Waals surface area contributed by atoms with E-state index < -0.39 is 0 Å². The molecule has 1 aromatic rings. The lowest BCUT2D eigenvalue weighted by atomic mass is 10.3. The van der Waals surface area contributed by atoms with E-state index in [0.29, 0.717) is 12.2 Å². The van der Waals surface area contributed by atoms with E-state index in [1.165, 1.54) is 12.8 Å². The van der Waals surface area contributed by atoms with Crippen LogP contribution in [0.2, 0.25) is 0 Å². The van der Waals surface area contributed by atoms with Gasteiger partial charge in [-0.2, -0.15) is 5.26 Å². The van der Waals surface area contributed by atoms with Crippen LogP contribution in [0.25, 0.3) is 0 Å². The lowest BCUT2D eigenvalue weighted by molar-refractivity contribution is 0.134. The zero-order valence-electron chi connectivity index (χ0n) is 9.15. The third-order valence-corrected chi connectivity index (χ3v) is 2.49. The van der Waals surface area contributed by atoms with Crippen LogP contribution in [0.1, 0.15) is 18.4 Å². The van der Waals surface area contributed by atoms with Gasteiger partial charge in [0.2, 0.25) is 0 Å². The predicted molar refractivity (Wildman–Crippen MR) is 61.0 cm³/mol. The summed E-state index contributed by atoms with van der Waals surface area (Å²) in [7, 11) is 0. The van der Waals surface area contributed by atoms with Gasteiger partial charge in [-0.1, -0.05) is 0 Å². The van der Waals surface area contributed by atoms with Crippen molar-refractivity contribution < 1.29 is 4.74 Å². The molecule has 0 amide bonds. The molecule has 4 nitrogen and oxygen atoms in total. The molecular formula is C12H15N3O. The Hall–Kier alpha value is -1.60. The fraction of sp³-hybridized carbons (Fsp3) is 0.500. The van der Waals surface area contributed by atoms with Crippen LogP contribution in [0, 0.1) is 17.2 Å². The summed E-state index contributed by atoms with van der Waals surface area (Å²) in [5.41, 5.74) is 0.622. The first-order valence-corrected chi connectivity index (χ1v) is 5.56. The van der Waals surface area contributed by atoms with Gasteiger partial charge in [0, 0.05) is 19.3 Å². The lowest BCUT2D eigenvalue weighted by Crippen LogP contribution is -2.11. The molecule has 0 bridgehead atoms. The van der Waals surface area contributed by atoms with Gasteiger partial charge in [-0.3, -0.25) is 0 Å². The van der Waals surface area contributed by atoms with Crippen LogP contribution in [-0.4, -0.2) is 24.7 Å². The molecule has 1 saturated carbocycles. The van der Waals surface area contributed by atoms with Crippen LogP contribution in [0.5, 0.6) is 0 Å². The van der Waals surface area contributed by atoms with Gasteiger partial charge in [0.15, 0.2) is 0 Å². The molecule has 4 heteroatoms. The number of rotatable bonds is 6. The van der Waals surface area contributed by atoms with E-state index in [-0.39, 0.29) is 0 Å². The van der Waals surface area contributed by atoms with Crippen LogP contribution in [0.4, 0.5) is 5.82 Å². The Labute approximate surface area is 95.3 Å². The number of ether oxygens (including phenoxy) is 1. The van der Waals surface area contributed by atoms with Gasteiger partial charge in [-0.25, -0.2) is 4.98 Å². The van der Waals surface area contributed by atoms with Crippen LogP contribution in [-0.2, 0) is 4.74 Å². The number of hydrogen-bond donors (Lipinski definition) is 1. The molecule has 0 aliphatic heterocycles. The van der Waals surface area contributed by atoms with E-state index in [2.05, 4.69) is 16.4 Å². The summed E-state index contributed by atoms with van der Waals surface area (Å²) in [5, 5.41) is 11.8. The molecule has 1 N–H and O–H groups in total. The van der Waals surface area contributed by atoms with Crippen molar-refractivity contribution >= 4 is 5.82 Å². The Bertz CT molecular complexity index is 382. The fourth-order valence-corrected chi connectivity index (χ4v) is 1.38. The van der Waals surface area contributed by atoms with Crippen LogP contribution in [0.15, 0.2) is 18.3 Å². The summed E-state index contributed by atoms with van der Waals surface area (Å²) in [6.07, 6.45) is 4.27. The first kappa shape index (κ1) is 10.9. The Kier molecular flexibility index (Phi) is 3.73. The van der Waals surface area contributed by atoms with Crippen LogP contribution < -0.4 is 5.32 Å². The number of nitrogens with one attached hydrogen (secondary N) is 1. The first-order chi connectivity index (χ1) is 7.88. The standard InChI is InChI=1S/C12H15N3O/c13-8-11-3-4-14-12(7-11)15-5-6-16-9-10-1-2-10/h3-4,7,10H,1-2,5-6,9H2,(H,14,15). The van der Waals surface area contributed by atoms with Crippen LogP contribution >= 0.6 is 0 Å². The SMILES string of the molecule is N#Cc1ccnc(NCCOCC2CC2)c1. The zero-order valence-corrected chi connectivity index (χ0v) is 9.15. The van der Waals surface area contributed by atoms with Gasteiger partial charge in [-0.15, -0.1) is 0 Å². The van der Waals surface area contributed by atoms with Crippen molar-refractivity contribution in [1.82, 2.24) is 4.98 Å². The maximum Gasteiger partial charge on any atom is 0.127 e. The molecule has 0 saturated heterocycles. The summed E-state index contributed by atoms with van der Waals surface area (Å²) in [6, 6.07) is 5.51. The monoisotopic (exact) mass is 217 g/mol. The van der Waals surface area contributed by atoms with Gasteiger partial charge in [0.1, 0.15) is 5.82 Å².